The smallest absolute Gasteiger partial charge is 0.313 e. The lowest BCUT2D eigenvalue weighted by Gasteiger charge is -2.10. The van der Waals surface area contributed by atoms with Gasteiger partial charge in [0.25, 0.3) is 0 Å². The molecule has 2 aromatic rings. The van der Waals surface area contributed by atoms with Gasteiger partial charge in [0.2, 0.25) is 0 Å². The number of Topliss-reactive ketones (excluding diaryl/α,β-unsaturated/α-hetero) is 1. The number of ether oxygens (including phenoxy) is 1. The summed E-state index contributed by atoms with van der Waals surface area (Å²) in [5, 5.41) is 0. The third-order valence-corrected chi connectivity index (χ3v) is 5.63. The van der Waals surface area contributed by atoms with Crippen LogP contribution in [0.25, 0.3) is 0 Å². The number of ketones is 1. The monoisotopic (exact) mass is 583 g/mol. The van der Waals surface area contributed by atoms with E-state index in [0.717, 1.165) is 8.95 Å². The largest absolute Gasteiger partial charge is 0.393 e. The molecule has 7 heteroatoms. The Morgan fingerprint density at radius 1 is 0.758 bits per heavy atom. The van der Waals surface area contributed by atoms with Crippen LogP contribution < -0.4 is 5.73 Å². The predicted octanol–water partition coefficient (Wildman–Crippen LogP) is 7.27. The zero-order chi connectivity index (χ0) is 25.4. The molecule has 2 N–H and O–H groups in total. The SMILES string of the molecule is CC(N)c1ccc(Br)cc1.CCC(=O)CC(C)c1ccc(Br)cc1.CCC(=O)OC(=O)CC. The molecule has 0 amide bonds. The second-order valence-corrected chi connectivity index (χ2v) is 9.27. The van der Waals surface area contributed by atoms with Gasteiger partial charge in [-0.1, -0.05) is 83.8 Å². The van der Waals surface area contributed by atoms with Crippen LogP contribution in [0.5, 0.6) is 0 Å². The van der Waals surface area contributed by atoms with E-state index in [-0.39, 0.29) is 18.9 Å². The first-order valence-electron chi connectivity index (χ1n) is 11.1. The second-order valence-electron chi connectivity index (χ2n) is 7.44. The molecule has 0 spiro atoms. The van der Waals surface area contributed by atoms with Crippen LogP contribution in [0.1, 0.15) is 83.4 Å². The van der Waals surface area contributed by atoms with Gasteiger partial charge in [-0.3, -0.25) is 14.4 Å². The van der Waals surface area contributed by atoms with E-state index in [1.165, 1.54) is 11.1 Å². The molecule has 33 heavy (non-hydrogen) atoms. The van der Waals surface area contributed by atoms with Gasteiger partial charge < -0.3 is 10.5 Å². The average Bonchev–Trinajstić information content (AvgIpc) is 2.80. The summed E-state index contributed by atoms with van der Waals surface area (Å²) < 4.78 is 6.44. The Morgan fingerprint density at radius 2 is 1.15 bits per heavy atom. The molecule has 0 heterocycles. The fraction of sp³-hybridized carbons (Fsp3) is 0.423. The van der Waals surface area contributed by atoms with E-state index in [4.69, 9.17) is 5.73 Å². The number of halogens is 2. The lowest BCUT2D eigenvalue weighted by atomic mass is 9.95. The van der Waals surface area contributed by atoms with Crippen molar-refractivity contribution in [2.24, 2.45) is 5.73 Å². The quantitative estimate of drug-likeness (QED) is 0.273. The van der Waals surface area contributed by atoms with Gasteiger partial charge in [0.05, 0.1) is 0 Å². The van der Waals surface area contributed by atoms with E-state index in [1.807, 2.05) is 50.2 Å². The molecule has 0 bridgehead atoms. The van der Waals surface area contributed by atoms with Crippen molar-refractivity contribution in [3.05, 3.63) is 68.6 Å². The Morgan fingerprint density at radius 3 is 1.48 bits per heavy atom. The Kier molecular flexibility index (Phi) is 16.6. The van der Waals surface area contributed by atoms with E-state index in [9.17, 15) is 14.4 Å². The Bertz CT molecular complexity index is 836. The molecule has 0 saturated carbocycles. The van der Waals surface area contributed by atoms with Crippen molar-refractivity contribution < 1.29 is 19.1 Å². The highest BCUT2D eigenvalue weighted by Crippen LogP contribution is 2.21. The van der Waals surface area contributed by atoms with Crippen LogP contribution in [0.15, 0.2) is 57.5 Å². The van der Waals surface area contributed by atoms with Gasteiger partial charge in [0.15, 0.2) is 0 Å². The van der Waals surface area contributed by atoms with E-state index >= 15 is 0 Å². The maximum Gasteiger partial charge on any atom is 0.313 e. The van der Waals surface area contributed by atoms with E-state index < -0.39 is 11.9 Å². The molecule has 2 unspecified atom stereocenters. The molecule has 0 aromatic heterocycles. The van der Waals surface area contributed by atoms with Gasteiger partial charge in [-0.2, -0.15) is 0 Å². The predicted molar refractivity (Wildman–Crippen MR) is 141 cm³/mol. The van der Waals surface area contributed by atoms with Crippen LogP contribution in [0.2, 0.25) is 0 Å². The molecule has 182 valence electrons. The summed E-state index contributed by atoms with van der Waals surface area (Å²) in [6, 6.07) is 16.3. The summed E-state index contributed by atoms with van der Waals surface area (Å²) in [7, 11) is 0. The third-order valence-electron chi connectivity index (χ3n) is 4.57. The van der Waals surface area contributed by atoms with Gasteiger partial charge in [0, 0.05) is 40.7 Å². The lowest BCUT2D eigenvalue weighted by molar-refractivity contribution is -0.159. The number of carbonyl (C=O) groups excluding carboxylic acids is 3. The van der Waals surface area contributed by atoms with Crippen molar-refractivity contribution in [3.63, 3.8) is 0 Å². The van der Waals surface area contributed by atoms with E-state index in [1.54, 1.807) is 13.8 Å². The lowest BCUT2D eigenvalue weighted by Crippen LogP contribution is -2.09. The maximum absolute atomic E-state index is 11.3. The van der Waals surface area contributed by atoms with Crippen LogP contribution >= 0.6 is 31.9 Å². The molecule has 0 aliphatic heterocycles. The Hall–Kier alpha value is -1.83. The minimum atomic E-state index is -0.457. The minimum absolute atomic E-state index is 0.132. The van der Waals surface area contributed by atoms with Gasteiger partial charge in [-0.05, 0) is 48.2 Å². The summed E-state index contributed by atoms with van der Waals surface area (Å²) in [6.07, 6.45) is 1.80. The molecular formula is C26H35Br2NO4. The van der Waals surface area contributed by atoms with Crippen molar-refractivity contribution in [1.29, 1.82) is 0 Å². The Labute approximate surface area is 214 Å². The van der Waals surface area contributed by atoms with Gasteiger partial charge in [0.1, 0.15) is 5.78 Å². The number of hydrogen-bond acceptors (Lipinski definition) is 5. The second kappa shape index (κ2) is 17.6. The molecule has 2 rings (SSSR count). The topological polar surface area (TPSA) is 86.5 Å². The van der Waals surface area contributed by atoms with Crippen molar-refractivity contribution in [1.82, 2.24) is 0 Å². The number of hydrogen-bond donors (Lipinski definition) is 1. The van der Waals surface area contributed by atoms with Crippen LogP contribution in [0.4, 0.5) is 0 Å². The standard InChI is InChI=1S/C12H15BrO.C8H10BrN.C6H10O3/c1-3-12(14)8-9(2)10-4-6-11(13)7-5-10;1-6(10)7-2-4-8(9)5-3-7;1-3-5(7)9-6(8)4-2/h4-7,9H,3,8H2,1-2H3;2-6H,10H2,1H3;3-4H2,1-2H3. The van der Waals surface area contributed by atoms with Crippen molar-refractivity contribution in [2.45, 2.75) is 72.3 Å². The molecule has 5 nitrogen and oxygen atoms in total. The first-order chi connectivity index (χ1) is 15.5. The highest BCUT2D eigenvalue weighted by atomic mass is 79.9. The molecular weight excluding hydrogens is 550 g/mol. The minimum Gasteiger partial charge on any atom is -0.393 e. The molecule has 2 aromatic carbocycles. The molecule has 0 radical (unpaired) electrons. The fourth-order valence-electron chi connectivity index (χ4n) is 2.43. The summed E-state index contributed by atoms with van der Waals surface area (Å²) in [4.78, 5) is 31.9. The summed E-state index contributed by atoms with van der Waals surface area (Å²) >= 11 is 6.75. The molecule has 0 fully saturated rings. The number of nitrogens with two attached hydrogens (primary N) is 1. The number of esters is 2. The van der Waals surface area contributed by atoms with Crippen LogP contribution in [0, 0.1) is 0 Å². The zero-order valence-corrected chi connectivity index (χ0v) is 23.2. The molecule has 0 aliphatic rings. The first-order valence-corrected chi connectivity index (χ1v) is 12.6. The van der Waals surface area contributed by atoms with E-state index in [2.05, 4.69) is 55.7 Å². The zero-order valence-electron chi connectivity index (χ0n) is 20.1. The number of rotatable bonds is 7. The molecule has 2 atom stereocenters. The summed E-state index contributed by atoms with van der Waals surface area (Å²) in [5.74, 6) is -0.250. The van der Waals surface area contributed by atoms with Gasteiger partial charge in [-0.15, -0.1) is 0 Å². The summed E-state index contributed by atoms with van der Waals surface area (Å²) in [5.41, 5.74) is 8.05. The average molecular weight is 585 g/mol. The van der Waals surface area contributed by atoms with Crippen molar-refractivity contribution >= 4 is 49.6 Å². The molecule has 0 saturated heterocycles. The fourth-order valence-corrected chi connectivity index (χ4v) is 2.96. The summed E-state index contributed by atoms with van der Waals surface area (Å²) in [6.45, 7) is 9.27. The first kappa shape index (κ1) is 31.2. The normalized spacial score (nSPS) is 11.6. The molecule has 0 aliphatic carbocycles. The third kappa shape index (κ3) is 14.8. The highest BCUT2D eigenvalue weighted by molar-refractivity contribution is 9.10. The highest BCUT2D eigenvalue weighted by Gasteiger charge is 2.09. The van der Waals surface area contributed by atoms with Crippen LogP contribution in [-0.4, -0.2) is 17.7 Å². The van der Waals surface area contributed by atoms with E-state index in [0.29, 0.717) is 24.5 Å². The van der Waals surface area contributed by atoms with Crippen LogP contribution in [0.3, 0.4) is 0 Å². The maximum atomic E-state index is 11.3. The number of benzene rings is 2. The number of carbonyl (C=O) groups is 3. The van der Waals surface area contributed by atoms with Crippen molar-refractivity contribution in [3.8, 4) is 0 Å². The van der Waals surface area contributed by atoms with Crippen molar-refractivity contribution in [2.75, 3.05) is 0 Å². The Balaban J connectivity index is 0.000000482. The van der Waals surface area contributed by atoms with Crippen LogP contribution in [-0.2, 0) is 19.1 Å². The van der Waals surface area contributed by atoms with Gasteiger partial charge in [-0.25, -0.2) is 0 Å². The van der Waals surface area contributed by atoms with Gasteiger partial charge >= 0.3 is 11.9 Å².